The number of hydrogen-bond donors (Lipinski definition) is 4. The third-order valence-electron chi connectivity index (χ3n) is 6.85. The highest BCUT2D eigenvalue weighted by atomic mass is 16.5. The molecule has 1 aromatic heterocycles. The van der Waals surface area contributed by atoms with Gasteiger partial charge in [-0.1, -0.05) is 25.0 Å². The van der Waals surface area contributed by atoms with Crippen molar-refractivity contribution in [3.8, 4) is 28.4 Å². The maximum Gasteiger partial charge on any atom is 0.269 e. The van der Waals surface area contributed by atoms with Crippen molar-refractivity contribution in [3.63, 3.8) is 0 Å². The van der Waals surface area contributed by atoms with E-state index in [4.69, 9.17) is 14.2 Å². The summed E-state index contributed by atoms with van der Waals surface area (Å²) < 4.78 is 17.0. The monoisotopic (exact) mass is 565 g/mol. The van der Waals surface area contributed by atoms with Gasteiger partial charge in [0, 0.05) is 12.5 Å². The number of H-pyrrole nitrogens is 1. The van der Waals surface area contributed by atoms with Crippen molar-refractivity contribution < 1.29 is 23.8 Å². The molecular weight excluding hydrogens is 530 g/mol. The van der Waals surface area contributed by atoms with Crippen molar-refractivity contribution in [1.29, 1.82) is 0 Å². The summed E-state index contributed by atoms with van der Waals surface area (Å²) in [5, 5.41) is 22.0. The van der Waals surface area contributed by atoms with E-state index in [0.717, 1.165) is 11.1 Å². The van der Waals surface area contributed by atoms with Gasteiger partial charge in [-0.3, -0.25) is 19.7 Å². The number of rotatable bonds is 10. The molecule has 2 amide bonds. The molecule has 4 N–H and O–H groups in total. The Kier molecular flexibility index (Phi) is 9.05. The maximum atomic E-state index is 13.7. The van der Waals surface area contributed by atoms with Gasteiger partial charge in [0.05, 0.1) is 33.1 Å². The van der Waals surface area contributed by atoms with Gasteiger partial charge in [0.25, 0.3) is 5.95 Å². The first kappa shape index (κ1) is 29.3. The summed E-state index contributed by atoms with van der Waals surface area (Å²) in [6.07, 6.45) is 1.55. The van der Waals surface area contributed by atoms with Gasteiger partial charge < -0.3 is 24.8 Å². The summed E-state index contributed by atoms with van der Waals surface area (Å²) in [5.74, 6) is 0.921. The van der Waals surface area contributed by atoms with Crippen molar-refractivity contribution in [2.24, 2.45) is 5.92 Å². The topological polar surface area (TPSA) is 169 Å². The predicted octanol–water partition coefficient (Wildman–Crippen LogP) is 2.84. The summed E-state index contributed by atoms with van der Waals surface area (Å²) in [4.78, 5) is 39.0. The first-order valence-electron chi connectivity index (χ1n) is 13.2. The number of aromatic amines is 1. The second-order valence-electron chi connectivity index (χ2n) is 10.1. The molecule has 1 heterocycles. The van der Waals surface area contributed by atoms with Crippen LogP contribution in [0.5, 0.6) is 17.2 Å². The lowest BCUT2D eigenvalue weighted by atomic mass is 9.95. The number of amides is 2. The van der Waals surface area contributed by atoms with Crippen LogP contribution in [0.1, 0.15) is 50.8 Å². The molecule has 4 rings (SSSR count). The molecule has 0 bridgehead atoms. The molecule has 13 nitrogen and oxygen atoms in total. The molecule has 2 atom stereocenters. The van der Waals surface area contributed by atoms with Crippen molar-refractivity contribution in [1.82, 2.24) is 25.9 Å². The van der Waals surface area contributed by atoms with Crippen LogP contribution in [0.4, 0.5) is 11.6 Å². The zero-order valence-electron chi connectivity index (χ0n) is 24.0. The lowest BCUT2D eigenvalue weighted by Crippen LogP contribution is -2.37. The Balaban J connectivity index is 1.87. The predicted molar refractivity (Wildman–Crippen MR) is 152 cm³/mol. The zero-order chi connectivity index (χ0) is 29.7. The van der Waals surface area contributed by atoms with Crippen molar-refractivity contribution in [2.75, 3.05) is 32.0 Å². The van der Waals surface area contributed by atoms with Crippen LogP contribution >= 0.6 is 0 Å². The zero-order valence-corrected chi connectivity index (χ0v) is 24.0. The molecule has 1 aliphatic carbocycles. The highest BCUT2D eigenvalue weighted by Gasteiger charge is 2.30. The number of aromatic nitrogens is 4. The number of nitrogens with one attached hydrogen (secondary N) is 4. The number of benzene rings is 1. The summed E-state index contributed by atoms with van der Waals surface area (Å²) >= 11 is 0. The molecule has 1 aliphatic rings. The van der Waals surface area contributed by atoms with Crippen LogP contribution < -0.4 is 35.6 Å². The van der Waals surface area contributed by atoms with Gasteiger partial charge in [-0.2, -0.15) is 5.21 Å². The van der Waals surface area contributed by atoms with Gasteiger partial charge in [-0.25, -0.2) is 0 Å². The Morgan fingerprint density at radius 1 is 1.10 bits per heavy atom. The molecule has 0 saturated carbocycles. The summed E-state index contributed by atoms with van der Waals surface area (Å²) in [5.41, 5.74) is 2.84. The Morgan fingerprint density at radius 3 is 2.46 bits per heavy atom. The lowest BCUT2D eigenvalue weighted by Gasteiger charge is -2.19. The molecule has 0 saturated heterocycles. The number of fused-ring (bicyclic) bond motifs is 3. The molecule has 0 fully saturated rings. The second kappa shape index (κ2) is 12.7. The fraction of sp³-hybridized carbons (Fsp3) is 0.429. The van der Waals surface area contributed by atoms with Crippen LogP contribution in [0, 0.1) is 5.92 Å². The van der Waals surface area contributed by atoms with E-state index in [9.17, 15) is 14.4 Å². The molecule has 0 aliphatic heterocycles. The van der Waals surface area contributed by atoms with Crippen LogP contribution in [0.3, 0.4) is 0 Å². The van der Waals surface area contributed by atoms with Gasteiger partial charge in [0.2, 0.25) is 23.0 Å². The Bertz CT molecular complexity index is 1480. The smallest absolute Gasteiger partial charge is 0.269 e. The average molecular weight is 566 g/mol. The first-order valence-corrected chi connectivity index (χ1v) is 13.2. The maximum absolute atomic E-state index is 13.7. The molecule has 0 radical (unpaired) electrons. The van der Waals surface area contributed by atoms with Crippen LogP contribution in [0.2, 0.25) is 0 Å². The van der Waals surface area contributed by atoms with Crippen LogP contribution in [0.15, 0.2) is 29.1 Å². The Morgan fingerprint density at radius 2 is 1.85 bits per heavy atom. The lowest BCUT2D eigenvalue weighted by molar-refractivity contribution is -0.120. The van der Waals surface area contributed by atoms with Crippen molar-refractivity contribution in [3.05, 3.63) is 45.6 Å². The SMILES string of the molecule is COc1cc2c(c(OC)c1OC)-c1ccc(NC(CC(C)C)C(=O)Nc3nn[nH]n3)c(=O)cc1C(NC(C)=O)CC2. The van der Waals surface area contributed by atoms with E-state index in [1.807, 2.05) is 19.9 Å². The van der Waals surface area contributed by atoms with Crippen molar-refractivity contribution >= 4 is 23.5 Å². The van der Waals surface area contributed by atoms with Gasteiger partial charge in [-0.15, -0.1) is 5.10 Å². The van der Waals surface area contributed by atoms with Crippen LogP contribution in [0.25, 0.3) is 11.1 Å². The number of ether oxygens (including phenoxy) is 3. The fourth-order valence-corrected chi connectivity index (χ4v) is 5.13. The van der Waals surface area contributed by atoms with E-state index in [0.29, 0.717) is 47.6 Å². The standard InChI is InChI=1S/C28H35N7O6/c1-14(2)11-21(27(38)31-28-32-34-35-33-28)30-20-10-8-17-18(13-22(20)37)19(29-15(3)36)9-7-16-12-23(39-4)25(40-5)26(41-6)24(16)17/h8,10,12-14,19,21H,7,9,11H2,1-6H3,(H,29,36)(H,30,37)(H2,31,32,33,34,35,38). The van der Waals surface area contributed by atoms with Gasteiger partial charge in [0.1, 0.15) is 6.04 Å². The number of tetrazole rings is 1. The largest absolute Gasteiger partial charge is 0.493 e. The first-order chi connectivity index (χ1) is 19.7. The van der Waals surface area contributed by atoms with E-state index in [2.05, 4.69) is 36.6 Å². The third kappa shape index (κ3) is 6.39. The highest BCUT2D eigenvalue weighted by molar-refractivity contribution is 5.95. The van der Waals surface area contributed by atoms with E-state index >= 15 is 0 Å². The molecule has 0 spiro atoms. The molecule has 3 aromatic rings. The molecular formula is C28H35N7O6. The molecule has 218 valence electrons. The van der Waals surface area contributed by atoms with Crippen molar-refractivity contribution in [2.45, 2.75) is 52.1 Å². The normalized spacial score (nSPS) is 14.7. The van der Waals surface area contributed by atoms with E-state index in [1.165, 1.54) is 20.1 Å². The van der Waals surface area contributed by atoms with E-state index in [1.54, 1.807) is 26.4 Å². The average Bonchev–Trinajstić information content (AvgIpc) is 3.34. The number of carbonyl (C=O) groups excluding carboxylic acids is 2. The summed E-state index contributed by atoms with van der Waals surface area (Å²) in [6.45, 7) is 5.40. The molecule has 41 heavy (non-hydrogen) atoms. The van der Waals surface area contributed by atoms with E-state index in [-0.39, 0.29) is 28.9 Å². The summed E-state index contributed by atoms with van der Waals surface area (Å²) in [7, 11) is 4.63. The van der Waals surface area contributed by atoms with Gasteiger partial charge in [-0.05, 0) is 65.3 Å². The number of aryl methyl sites for hydroxylation is 1. The Labute approximate surface area is 237 Å². The Hall–Kier alpha value is -4.68. The number of nitrogens with zero attached hydrogens (tertiary/aromatic N) is 3. The molecule has 2 unspecified atom stereocenters. The molecule has 2 aromatic carbocycles. The molecule has 13 heteroatoms. The number of anilines is 2. The number of methoxy groups -OCH3 is 3. The van der Waals surface area contributed by atoms with Gasteiger partial charge >= 0.3 is 0 Å². The quantitative estimate of drug-likeness (QED) is 0.287. The minimum Gasteiger partial charge on any atom is -0.493 e. The number of hydrogen-bond acceptors (Lipinski definition) is 10. The van der Waals surface area contributed by atoms with Gasteiger partial charge in [0.15, 0.2) is 11.5 Å². The third-order valence-corrected chi connectivity index (χ3v) is 6.85. The minimum atomic E-state index is -0.763. The minimum absolute atomic E-state index is 0.0319. The summed E-state index contributed by atoms with van der Waals surface area (Å²) in [6, 6.07) is 5.63. The highest BCUT2D eigenvalue weighted by Crippen LogP contribution is 2.50. The number of carbonyl (C=O) groups is 2. The van der Waals surface area contributed by atoms with E-state index < -0.39 is 18.0 Å². The van der Waals surface area contributed by atoms with Crippen LogP contribution in [-0.4, -0.2) is 59.8 Å². The van der Waals surface area contributed by atoms with Crippen LogP contribution in [-0.2, 0) is 16.0 Å². The second-order valence-corrected chi connectivity index (χ2v) is 10.1. The fourth-order valence-electron chi connectivity index (χ4n) is 5.13.